The first kappa shape index (κ1) is 12.0. The second-order valence-corrected chi connectivity index (χ2v) is 4.42. The molecule has 1 aromatic rings. The molecule has 1 unspecified atom stereocenters. The number of esters is 1. The van der Waals surface area contributed by atoms with E-state index < -0.39 is 0 Å². The van der Waals surface area contributed by atoms with Crippen molar-refractivity contribution in [1.82, 2.24) is 0 Å². The first-order valence-electron chi connectivity index (χ1n) is 4.69. The average Bonchev–Trinajstić information content (AvgIpc) is 2.17. The molecule has 0 aliphatic heterocycles. The van der Waals surface area contributed by atoms with Gasteiger partial charge in [0.25, 0.3) is 0 Å². The summed E-state index contributed by atoms with van der Waals surface area (Å²) in [6, 6.07) is 8.95. The Kier molecular flexibility index (Phi) is 4.56. The Bertz CT molecular complexity index is 346. The molecule has 15 heavy (non-hydrogen) atoms. The number of ether oxygens (including phenoxy) is 1. The lowest BCUT2D eigenvalue weighted by Crippen LogP contribution is -2.14. The zero-order valence-corrected chi connectivity index (χ0v) is 10.2. The number of hydrogen-bond acceptors (Lipinski definition) is 2. The van der Waals surface area contributed by atoms with Gasteiger partial charge in [0.05, 0.1) is 5.56 Å². The fraction of sp³-hybridized carbons (Fsp3) is 0.250. The van der Waals surface area contributed by atoms with Crippen molar-refractivity contribution in [1.29, 1.82) is 0 Å². The number of carbonyl (C=O) groups is 1. The van der Waals surface area contributed by atoms with Gasteiger partial charge in [0, 0.05) is 6.42 Å². The van der Waals surface area contributed by atoms with E-state index in [0.29, 0.717) is 12.0 Å². The summed E-state index contributed by atoms with van der Waals surface area (Å²) in [6.07, 6.45) is 0.461. The summed E-state index contributed by atoms with van der Waals surface area (Å²) in [4.78, 5) is 11.6. The molecule has 0 aromatic heterocycles. The topological polar surface area (TPSA) is 26.3 Å². The Labute approximate surface area is 98.1 Å². The molecule has 0 saturated carbocycles. The number of hydrogen-bond donors (Lipinski definition) is 0. The van der Waals surface area contributed by atoms with Gasteiger partial charge < -0.3 is 4.74 Å². The summed E-state index contributed by atoms with van der Waals surface area (Å²) in [6.45, 7) is 5.54. The maximum atomic E-state index is 11.6. The largest absolute Gasteiger partial charge is 0.459 e. The first-order chi connectivity index (χ1) is 7.09. The van der Waals surface area contributed by atoms with E-state index in [0.717, 1.165) is 4.48 Å². The molecule has 0 aliphatic carbocycles. The summed E-state index contributed by atoms with van der Waals surface area (Å²) in [5, 5.41) is 0. The van der Waals surface area contributed by atoms with Crippen LogP contribution in [-0.4, -0.2) is 12.1 Å². The highest BCUT2D eigenvalue weighted by molar-refractivity contribution is 9.11. The van der Waals surface area contributed by atoms with Gasteiger partial charge in [0.1, 0.15) is 6.10 Å². The SMILES string of the molecule is C=C(Br)CC(C)OC(=O)c1ccccc1. The molecule has 0 spiro atoms. The molecule has 2 nitrogen and oxygen atoms in total. The highest BCUT2D eigenvalue weighted by Gasteiger charge is 2.11. The molecule has 1 aromatic carbocycles. The molecule has 80 valence electrons. The van der Waals surface area contributed by atoms with Crippen LogP contribution in [-0.2, 0) is 4.74 Å². The van der Waals surface area contributed by atoms with Gasteiger partial charge in [-0.1, -0.05) is 40.7 Å². The fourth-order valence-electron chi connectivity index (χ4n) is 1.18. The molecular weight excluding hydrogens is 256 g/mol. The zero-order valence-electron chi connectivity index (χ0n) is 8.57. The lowest BCUT2D eigenvalue weighted by Gasteiger charge is -2.12. The zero-order chi connectivity index (χ0) is 11.3. The van der Waals surface area contributed by atoms with Gasteiger partial charge >= 0.3 is 5.97 Å². The van der Waals surface area contributed by atoms with Gasteiger partial charge in [-0.2, -0.15) is 0 Å². The van der Waals surface area contributed by atoms with Crippen LogP contribution in [0.4, 0.5) is 0 Å². The molecule has 1 rings (SSSR count). The van der Waals surface area contributed by atoms with Gasteiger partial charge in [-0.05, 0) is 23.5 Å². The molecule has 0 amide bonds. The van der Waals surface area contributed by atoms with Crippen molar-refractivity contribution in [2.45, 2.75) is 19.4 Å². The third-order valence-corrected chi connectivity index (χ3v) is 2.15. The standard InChI is InChI=1S/C12H13BrO2/c1-9(13)8-10(2)15-12(14)11-6-4-3-5-7-11/h3-7,10H,1,8H2,2H3. The Morgan fingerprint density at radius 2 is 2.07 bits per heavy atom. The summed E-state index contributed by atoms with van der Waals surface area (Å²) >= 11 is 3.24. The molecule has 0 saturated heterocycles. The van der Waals surface area contributed by atoms with Crippen LogP contribution in [0.25, 0.3) is 0 Å². The van der Waals surface area contributed by atoms with Crippen molar-refractivity contribution in [3.05, 3.63) is 47.0 Å². The molecule has 1 atom stereocenters. The summed E-state index contributed by atoms with van der Waals surface area (Å²) in [5.41, 5.74) is 0.574. The smallest absolute Gasteiger partial charge is 0.338 e. The molecule has 0 aliphatic rings. The van der Waals surface area contributed by atoms with Gasteiger partial charge in [0.15, 0.2) is 0 Å². The van der Waals surface area contributed by atoms with Gasteiger partial charge in [0.2, 0.25) is 0 Å². The quantitative estimate of drug-likeness (QED) is 0.781. The van der Waals surface area contributed by atoms with E-state index in [1.54, 1.807) is 12.1 Å². The van der Waals surface area contributed by atoms with Crippen LogP contribution in [0.2, 0.25) is 0 Å². The number of rotatable bonds is 4. The van der Waals surface area contributed by atoms with Crippen molar-refractivity contribution < 1.29 is 9.53 Å². The summed E-state index contributed by atoms with van der Waals surface area (Å²) < 4.78 is 6.05. The Morgan fingerprint density at radius 3 is 2.60 bits per heavy atom. The van der Waals surface area contributed by atoms with Crippen LogP contribution >= 0.6 is 15.9 Å². The van der Waals surface area contributed by atoms with Gasteiger partial charge in [-0.15, -0.1) is 0 Å². The van der Waals surface area contributed by atoms with E-state index in [4.69, 9.17) is 4.74 Å². The Morgan fingerprint density at radius 1 is 1.47 bits per heavy atom. The van der Waals surface area contributed by atoms with E-state index in [2.05, 4.69) is 22.5 Å². The molecule has 0 heterocycles. The van der Waals surface area contributed by atoms with E-state index >= 15 is 0 Å². The van der Waals surface area contributed by atoms with Crippen LogP contribution in [0, 0.1) is 0 Å². The Hall–Kier alpha value is -1.09. The highest BCUT2D eigenvalue weighted by Crippen LogP contribution is 2.13. The van der Waals surface area contributed by atoms with Crippen LogP contribution in [0.3, 0.4) is 0 Å². The molecule has 0 N–H and O–H groups in total. The van der Waals surface area contributed by atoms with Crippen molar-refractivity contribution in [3.8, 4) is 0 Å². The van der Waals surface area contributed by atoms with Crippen molar-refractivity contribution in [3.63, 3.8) is 0 Å². The third kappa shape index (κ3) is 4.30. The van der Waals surface area contributed by atoms with E-state index in [1.165, 1.54) is 0 Å². The molecular formula is C12H13BrO2. The number of benzene rings is 1. The number of carbonyl (C=O) groups excluding carboxylic acids is 1. The lowest BCUT2D eigenvalue weighted by molar-refractivity contribution is 0.0347. The maximum Gasteiger partial charge on any atom is 0.338 e. The van der Waals surface area contributed by atoms with E-state index in [1.807, 2.05) is 25.1 Å². The minimum Gasteiger partial charge on any atom is -0.459 e. The van der Waals surface area contributed by atoms with Crippen LogP contribution < -0.4 is 0 Å². The Balaban J connectivity index is 2.53. The predicted molar refractivity (Wildman–Crippen MR) is 64.0 cm³/mol. The van der Waals surface area contributed by atoms with Crippen molar-refractivity contribution in [2.24, 2.45) is 0 Å². The monoisotopic (exact) mass is 268 g/mol. The molecule has 0 fully saturated rings. The van der Waals surface area contributed by atoms with Crippen LogP contribution in [0.5, 0.6) is 0 Å². The fourth-order valence-corrected chi connectivity index (χ4v) is 1.63. The maximum absolute atomic E-state index is 11.6. The molecule has 3 heteroatoms. The summed E-state index contributed by atoms with van der Waals surface area (Å²) in [5.74, 6) is -0.295. The lowest BCUT2D eigenvalue weighted by atomic mass is 10.2. The van der Waals surface area contributed by atoms with E-state index in [9.17, 15) is 4.79 Å². The van der Waals surface area contributed by atoms with Crippen molar-refractivity contribution >= 4 is 21.9 Å². The average molecular weight is 269 g/mol. The number of halogens is 1. The van der Waals surface area contributed by atoms with Gasteiger partial charge in [-0.25, -0.2) is 4.79 Å². The summed E-state index contributed by atoms with van der Waals surface area (Å²) in [7, 11) is 0. The van der Waals surface area contributed by atoms with Crippen LogP contribution in [0.15, 0.2) is 41.4 Å². The second-order valence-electron chi connectivity index (χ2n) is 3.30. The predicted octanol–water partition coefficient (Wildman–Crippen LogP) is 3.53. The first-order valence-corrected chi connectivity index (χ1v) is 5.48. The molecule has 0 bridgehead atoms. The minimum absolute atomic E-state index is 0.162. The normalized spacial score (nSPS) is 11.9. The van der Waals surface area contributed by atoms with Gasteiger partial charge in [-0.3, -0.25) is 0 Å². The van der Waals surface area contributed by atoms with Crippen molar-refractivity contribution in [2.75, 3.05) is 0 Å². The van der Waals surface area contributed by atoms with Crippen LogP contribution in [0.1, 0.15) is 23.7 Å². The minimum atomic E-state index is -0.295. The van der Waals surface area contributed by atoms with E-state index in [-0.39, 0.29) is 12.1 Å². The second kappa shape index (κ2) is 5.71. The highest BCUT2D eigenvalue weighted by atomic mass is 79.9. The third-order valence-electron chi connectivity index (χ3n) is 1.83. The molecule has 0 radical (unpaired) electrons.